The van der Waals surface area contributed by atoms with Gasteiger partial charge in [-0.3, -0.25) is 10.2 Å². The molecule has 2 aromatic rings. The van der Waals surface area contributed by atoms with Crippen LogP contribution in [0.1, 0.15) is 16.3 Å². The van der Waals surface area contributed by atoms with Gasteiger partial charge in [-0.25, -0.2) is 13.4 Å². The molecule has 0 bridgehead atoms. The summed E-state index contributed by atoms with van der Waals surface area (Å²) in [5, 5.41) is 11.1. The Bertz CT molecular complexity index is 820. The molecule has 22 heavy (non-hydrogen) atoms. The van der Waals surface area contributed by atoms with Crippen LogP contribution >= 0.6 is 11.3 Å². The van der Waals surface area contributed by atoms with Gasteiger partial charge in [-0.15, -0.1) is 16.2 Å². The minimum absolute atomic E-state index is 0.00556. The smallest absolute Gasteiger partial charge is 0.257 e. The van der Waals surface area contributed by atoms with Crippen molar-refractivity contribution in [2.45, 2.75) is 18.2 Å². The number of hydrazine groups is 1. The van der Waals surface area contributed by atoms with Crippen LogP contribution in [-0.4, -0.2) is 19.3 Å². The zero-order valence-electron chi connectivity index (χ0n) is 11.5. The molecule has 7 nitrogen and oxygen atoms in total. The molecule has 114 valence electrons. The fraction of sp³-hybridized carbons (Fsp3) is 0.154. The third-order valence-electron chi connectivity index (χ3n) is 2.60. The van der Waals surface area contributed by atoms with Crippen LogP contribution in [0.15, 0.2) is 34.5 Å². The van der Waals surface area contributed by atoms with Gasteiger partial charge in [0, 0.05) is 11.1 Å². The van der Waals surface area contributed by atoms with E-state index in [0.717, 1.165) is 5.69 Å². The third kappa shape index (κ3) is 4.11. The van der Waals surface area contributed by atoms with Crippen LogP contribution in [0, 0.1) is 18.3 Å². The van der Waals surface area contributed by atoms with Crippen LogP contribution < -0.4 is 10.3 Å². The highest BCUT2D eigenvalue weighted by molar-refractivity contribution is 7.89. The molecular weight excluding hydrogens is 324 g/mol. The first-order valence-corrected chi connectivity index (χ1v) is 8.49. The number of benzene rings is 1. The van der Waals surface area contributed by atoms with Crippen molar-refractivity contribution in [2.24, 2.45) is 0 Å². The summed E-state index contributed by atoms with van der Waals surface area (Å²) >= 11 is 1.33. The Morgan fingerprint density at radius 3 is 2.59 bits per heavy atom. The van der Waals surface area contributed by atoms with Crippen molar-refractivity contribution in [3.8, 4) is 6.07 Å². The molecule has 1 amide bonds. The minimum atomic E-state index is -3.88. The maximum absolute atomic E-state index is 12.0. The van der Waals surface area contributed by atoms with E-state index in [1.165, 1.54) is 35.6 Å². The molecule has 0 atom stereocenters. The second-order valence-corrected chi connectivity index (χ2v) is 6.97. The van der Waals surface area contributed by atoms with Gasteiger partial charge in [0.25, 0.3) is 10.0 Å². The summed E-state index contributed by atoms with van der Waals surface area (Å²) in [7, 11) is -3.88. The molecule has 0 fully saturated rings. The molecule has 0 radical (unpaired) electrons. The largest absolute Gasteiger partial charge is 0.277 e. The Kier molecular flexibility index (Phi) is 4.87. The summed E-state index contributed by atoms with van der Waals surface area (Å²) in [4.78, 5) is 17.8. The number of nitrogens with one attached hydrogen (secondary N) is 2. The van der Waals surface area contributed by atoms with Crippen molar-refractivity contribution in [1.29, 1.82) is 5.26 Å². The number of amides is 1. The highest BCUT2D eigenvalue weighted by Crippen LogP contribution is 2.10. The standard InChI is InChI=1S/C13H12N4O3S2/c1-9-8-21-13(15-9)6-12(18)16-17-22(19,20)11-4-2-10(7-14)3-5-11/h2-5,8,17H,6H2,1H3,(H,16,18). The quantitative estimate of drug-likeness (QED) is 0.787. The predicted octanol–water partition coefficient (Wildman–Crippen LogP) is 0.875. The molecule has 0 aliphatic heterocycles. The zero-order valence-corrected chi connectivity index (χ0v) is 13.2. The van der Waals surface area contributed by atoms with E-state index < -0.39 is 15.9 Å². The normalized spacial score (nSPS) is 10.9. The molecule has 0 saturated carbocycles. The molecule has 2 rings (SSSR count). The molecular formula is C13H12N4O3S2. The lowest BCUT2D eigenvalue weighted by Crippen LogP contribution is -2.42. The molecule has 2 N–H and O–H groups in total. The number of carbonyl (C=O) groups excluding carboxylic acids is 1. The van der Waals surface area contributed by atoms with Crippen molar-refractivity contribution in [2.75, 3.05) is 0 Å². The molecule has 0 aliphatic rings. The molecule has 9 heteroatoms. The summed E-state index contributed by atoms with van der Waals surface area (Å²) < 4.78 is 23.9. The second kappa shape index (κ2) is 6.65. The van der Waals surface area contributed by atoms with E-state index in [-0.39, 0.29) is 11.3 Å². The Morgan fingerprint density at radius 2 is 2.05 bits per heavy atom. The maximum Gasteiger partial charge on any atom is 0.257 e. The van der Waals surface area contributed by atoms with Crippen molar-refractivity contribution in [3.05, 3.63) is 45.9 Å². The Labute approximate surface area is 131 Å². The average molecular weight is 336 g/mol. The number of nitriles is 1. The van der Waals surface area contributed by atoms with Gasteiger partial charge in [0.2, 0.25) is 5.91 Å². The van der Waals surface area contributed by atoms with E-state index in [1.54, 1.807) is 0 Å². The summed E-state index contributed by atoms with van der Waals surface area (Å²) in [6.45, 7) is 1.81. The fourth-order valence-electron chi connectivity index (χ4n) is 1.56. The number of thiazole rings is 1. The zero-order chi connectivity index (χ0) is 16.2. The van der Waals surface area contributed by atoms with Crippen molar-refractivity contribution < 1.29 is 13.2 Å². The first-order valence-electron chi connectivity index (χ1n) is 6.12. The summed E-state index contributed by atoms with van der Waals surface area (Å²) in [6, 6.07) is 7.24. The van der Waals surface area contributed by atoms with Gasteiger partial charge in [0.05, 0.1) is 22.9 Å². The van der Waals surface area contributed by atoms with E-state index in [4.69, 9.17) is 5.26 Å². The van der Waals surface area contributed by atoms with Gasteiger partial charge < -0.3 is 0 Å². The monoisotopic (exact) mass is 336 g/mol. The molecule has 1 aromatic heterocycles. The highest BCUT2D eigenvalue weighted by Gasteiger charge is 2.15. The average Bonchev–Trinajstić information content (AvgIpc) is 2.90. The number of rotatable bonds is 5. The van der Waals surface area contributed by atoms with Crippen molar-refractivity contribution >= 4 is 27.3 Å². The third-order valence-corrected chi connectivity index (χ3v) is 4.83. The van der Waals surface area contributed by atoms with Crippen LogP contribution in [0.5, 0.6) is 0 Å². The molecule has 0 unspecified atom stereocenters. The number of hydrogen-bond donors (Lipinski definition) is 2. The lowest BCUT2D eigenvalue weighted by atomic mass is 10.2. The first-order chi connectivity index (χ1) is 10.4. The fourth-order valence-corrected chi connectivity index (χ4v) is 3.19. The van der Waals surface area contributed by atoms with Crippen LogP contribution in [0.3, 0.4) is 0 Å². The van der Waals surface area contributed by atoms with E-state index >= 15 is 0 Å². The summed E-state index contributed by atoms with van der Waals surface area (Å²) in [6.07, 6.45) is -0.00556. The van der Waals surface area contributed by atoms with E-state index in [2.05, 4.69) is 10.4 Å². The van der Waals surface area contributed by atoms with Crippen LogP contribution in [0.4, 0.5) is 0 Å². The van der Waals surface area contributed by atoms with Crippen LogP contribution in [0.25, 0.3) is 0 Å². The molecule has 1 heterocycles. The van der Waals surface area contributed by atoms with E-state index in [0.29, 0.717) is 10.6 Å². The number of sulfonamides is 1. The lowest BCUT2D eigenvalue weighted by molar-refractivity contribution is -0.120. The Balaban J connectivity index is 1.97. The number of nitrogens with zero attached hydrogens (tertiary/aromatic N) is 2. The van der Waals surface area contributed by atoms with Crippen LogP contribution in [-0.2, 0) is 21.2 Å². The van der Waals surface area contributed by atoms with Crippen molar-refractivity contribution in [3.63, 3.8) is 0 Å². The topological polar surface area (TPSA) is 112 Å². The van der Waals surface area contributed by atoms with E-state index in [9.17, 15) is 13.2 Å². The maximum atomic E-state index is 12.0. The first kappa shape index (κ1) is 16.1. The van der Waals surface area contributed by atoms with Gasteiger partial charge in [0.1, 0.15) is 5.01 Å². The van der Waals surface area contributed by atoms with Gasteiger partial charge in [-0.1, -0.05) is 0 Å². The lowest BCUT2D eigenvalue weighted by Gasteiger charge is -2.07. The van der Waals surface area contributed by atoms with Crippen LogP contribution in [0.2, 0.25) is 0 Å². The van der Waals surface area contributed by atoms with Gasteiger partial charge in [-0.2, -0.15) is 5.26 Å². The SMILES string of the molecule is Cc1csc(CC(=O)NNS(=O)(=O)c2ccc(C#N)cc2)n1. The van der Waals surface area contributed by atoms with E-state index in [1.807, 2.05) is 23.2 Å². The van der Waals surface area contributed by atoms with Crippen molar-refractivity contribution in [1.82, 2.24) is 15.2 Å². The second-order valence-electron chi connectivity index (χ2n) is 4.35. The summed E-state index contributed by atoms with van der Waals surface area (Å²) in [5.74, 6) is -0.508. The predicted molar refractivity (Wildman–Crippen MR) is 80.2 cm³/mol. The number of hydrogen-bond acceptors (Lipinski definition) is 6. The number of carbonyl (C=O) groups is 1. The minimum Gasteiger partial charge on any atom is -0.277 e. The Morgan fingerprint density at radius 1 is 1.36 bits per heavy atom. The molecule has 0 spiro atoms. The van der Waals surface area contributed by atoms with Gasteiger partial charge >= 0.3 is 0 Å². The highest BCUT2D eigenvalue weighted by atomic mass is 32.2. The molecule has 0 aliphatic carbocycles. The van der Waals surface area contributed by atoms with Gasteiger partial charge in [-0.05, 0) is 31.2 Å². The Hall–Kier alpha value is -2.28. The van der Waals surface area contributed by atoms with Gasteiger partial charge in [0.15, 0.2) is 0 Å². The molecule has 1 aromatic carbocycles. The number of aromatic nitrogens is 1. The number of aryl methyl sites for hydroxylation is 1. The molecule has 0 saturated heterocycles. The summed E-state index contributed by atoms with van der Waals surface area (Å²) in [5.41, 5.74) is 3.29.